The summed E-state index contributed by atoms with van der Waals surface area (Å²) in [5.41, 5.74) is 0. The van der Waals surface area contributed by atoms with Crippen LogP contribution < -0.4 is 5.32 Å². The molecule has 98 valence electrons. The number of carbonyl (C=O) groups excluding carboxylic acids is 1. The number of rotatable bonds is 4. The second-order valence-electron chi connectivity index (χ2n) is 4.36. The predicted molar refractivity (Wildman–Crippen MR) is 61.7 cm³/mol. The van der Waals surface area contributed by atoms with Crippen LogP contribution in [0.25, 0.3) is 0 Å². The van der Waals surface area contributed by atoms with Crippen LogP contribution in [0.15, 0.2) is 0 Å². The Morgan fingerprint density at radius 3 is 2.47 bits per heavy atom. The van der Waals surface area contributed by atoms with E-state index in [0.29, 0.717) is 0 Å². The molecule has 0 aliphatic carbocycles. The van der Waals surface area contributed by atoms with Gasteiger partial charge >= 0.3 is 12.0 Å². The number of carboxylic acids is 1. The van der Waals surface area contributed by atoms with Gasteiger partial charge in [-0.25, -0.2) is 9.59 Å². The van der Waals surface area contributed by atoms with Gasteiger partial charge in [-0.05, 0) is 12.8 Å². The highest BCUT2D eigenvalue weighted by molar-refractivity contribution is 5.83. The molecule has 0 unspecified atom stereocenters. The lowest BCUT2D eigenvalue weighted by molar-refractivity contribution is -0.141. The second-order valence-corrected chi connectivity index (χ2v) is 4.36. The largest absolute Gasteiger partial charge is 0.480 e. The Hall–Kier alpha value is -1.30. The van der Waals surface area contributed by atoms with Crippen molar-refractivity contribution in [3.8, 4) is 0 Å². The molecule has 0 aromatic heterocycles. The molecule has 6 heteroatoms. The zero-order valence-corrected chi connectivity index (χ0v) is 10.2. The molecule has 1 fully saturated rings. The van der Waals surface area contributed by atoms with Gasteiger partial charge in [-0.1, -0.05) is 13.8 Å². The number of aliphatic hydroxyl groups is 1. The van der Waals surface area contributed by atoms with Crippen molar-refractivity contribution in [2.45, 2.75) is 51.3 Å². The van der Waals surface area contributed by atoms with Gasteiger partial charge in [0.05, 0.1) is 6.10 Å². The molecule has 2 amide bonds. The molecule has 1 aliphatic heterocycles. The Bertz CT molecular complexity index is 291. The van der Waals surface area contributed by atoms with Crippen molar-refractivity contribution in [2.75, 3.05) is 6.54 Å². The van der Waals surface area contributed by atoms with E-state index in [9.17, 15) is 14.7 Å². The van der Waals surface area contributed by atoms with Crippen LogP contribution in [0.5, 0.6) is 0 Å². The fourth-order valence-corrected chi connectivity index (χ4v) is 2.02. The van der Waals surface area contributed by atoms with Crippen molar-refractivity contribution < 1.29 is 19.8 Å². The quantitative estimate of drug-likeness (QED) is 0.668. The number of nitrogens with zero attached hydrogens (tertiary/aromatic N) is 1. The van der Waals surface area contributed by atoms with E-state index in [2.05, 4.69) is 5.32 Å². The summed E-state index contributed by atoms with van der Waals surface area (Å²) in [6.07, 6.45) is 0.960. The van der Waals surface area contributed by atoms with Gasteiger partial charge in [0.1, 0.15) is 6.04 Å². The summed E-state index contributed by atoms with van der Waals surface area (Å²) < 4.78 is 0. The third kappa shape index (κ3) is 3.33. The zero-order chi connectivity index (χ0) is 13.0. The van der Waals surface area contributed by atoms with Crippen molar-refractivity contribution in [3.63, 3.8) is 0 Å². The Morgan fingerprint density at radius 1 is 1.41 bits per heavy atom. The maximum Gasteiger partial charge on any atom is 0.326 e. The Morgan fingerprint density at radius 2 is 2.00 bits per heavy atom. The van der Waals surface area contributed by atoms with Gasteiger partial charge in [-0.15, -0.1) is 0 Å². The number of urea groups is 1. The molecule has 0 radical (unpaired) electrons. The molecule has 1 aliphatic rings. The molecule has 17 heavy (non-hydrogen) atoms. The molecule has 1 rings (SSSR count). The van der Waals surface area contributed by atoms with Crippen LogP contribution in [0.1, 0.15) is 33.1 Å². The number of likely N-dealkylation sites (tertiary alicyclic amines) is 1. The minimum Gasteiger partial charge on any atom is -0.480 e. The van der Waals surface area contributed by atoms with Crippen LogP contribution >= 0.6 is 0 Å². The maximum absolute atomic E-state index is 11.9. The summed E-state index contributed by atoms with van der Waals surface area (Å²) >= 11 is 0. The lowest BCUT2D eigenvalue weighted by atomic mass is 10.2. The lowest BCUT2D eigenvalue weighted by Gasteiger charge is -2.24. The molecule has 1 saturated heterocycles. The SMILES string of the molecule is CCC(CC)NC(=O)N1C[C@H](O)C[C@@H]1C(=O)O. The molecule has 0 aromatic carbocycles. The van der Waals surface area contributed by atoms with Crippen LogP contribution in [0.4, 0.5) is 4.79 Å². The first-order valence-corrected chi connectivity index (χ1v) is 5.97. The normalized spacial score (nSPS) is 24.1. The topological polar surface area (TPSA) is 89.9 Å². The van der Waals surface area contributed by atoms with Gasteiger partial charge in [-0.3, -0.25) is 0 Å². The predicted octanol–water partition coefficient (Wildman–Crippen LogP) is 0.404. The summed E-state index contributed by atoms with van der Waals surface area (Å²) in [5, 5.41) is 21.2. The summed E-state index contributed by atoms with van der Waals surface area (Å²) in [7, 11) is 0. The van der Waals surface area contributed by atoms with Gasteiger partial charge in [-0.2, -0.15) is 0 Å². The monoisotopic (exact) mass is 244 g/mol. The first-order chi connectivity index (χ1) is 7.99. The molecule has 6 nitrogen and oxygen atoms in total. The van der Waals surface area contributed by atoms with E-state index < -0.39 is 24.1 Å². The van der Waals surface area contributed by atoms with E-state index in [-0.39, 0.29) is 19.0 Å². The van der Waals surface area contributed by atoms with Crippen LogP contribution in [0, 0.1) is 0 Å². The zero-order valence-electron chi connectivity index (χ0n) is 10.2. The smallest absolute Gasteiger partial charge is 0.326 e. The lowest BCUT2D eigenvalue weighted by Crippen LogP contribution is -2.49. The van der Waals surface area contributed by atoms with Crippen molar-refractivity contribution in [1.82, 2.24) is 10.2 Å². The molecule has 0 spiro atoms. The number of β-amino-alcohol motifs (C(OH)–C–C–N with tert-alkyl or cyclic N) is 1. The van der Waals surface area contributed by atoms with Gasteiger partial charge in [0.15, 0.2) is 0 Å². The van der Waals surface area contributed by atoms with E-state index in [1.807, 2.05) is 13.8 Å². The summed E-state index contributed by atoms with van der Waals surface area (Å²) in [6, 6.07) is -1.27. The number of aliphatic hydroxyl groups excluding tert-OH is 1. The summed E-state index contributed by atoms with van der Waals surface area (Å²) in [4.78, 5) is 24.0. The minimum atomic E-state index is -1.07. The Balaban J connectivity index is 2.64. The Kier molecular flexibility index (Phi) is 4.74. The molecule has 2 atom stereocenters. The van der Waals surface area contributed by atoms with Gasteiger partial charge in [0, 0.05) is 19.0 Å². The fraction of sp³-hybridized carbons (Fsp3) is 0.818. The highest BCUT2D eigenvalue weighted by Gasteiger charge is 2.39. The summed E-state index contributed by atoms with van der Waals surface area (Å²) in [5.74, 6) is -1.07. The average Bonchev–Trinajstić information content (AvgIpc) is 2.68. The maximum atomic E-state index is 11.9. The van der Waals surface area contributed by atoms with E-state index >= 15 is 0 Å². The second kappa shape index (κ2) is 5.86. The first kappa shape index (κ1) is 13.8. The van der Waals surface area contributed by atoms with E-state index in [4.69, 9.17) is 5.11 Å². The van der Waals surface area contributed by atoms with E-state index in [1.54, 1.807) is 0 Å². The van der Waals surface area contributed by atoms with Crippen LogP contribution in [-0.2, 0) is 4.79 Å². The number of carbonyl (C=O) groups is 2. The van der Waals surface area contributed by atoms with Gasteiger partial charge in [0.25, 0.3) is 0 Å². The van der Waals surface area contributed by atoms with Gasteiger partial charge in [0.2, 0.25) is 0 Å². The van der Waals surface area contributed by atoms with Crippen LogP contribution in [-0.4, -0.2) is 51.8 Å². The number of hydrogen-bond acceptors (Lipinski definition) is 3. The molecule has 1 heterocycles. The molecule has 0 saturated carbocycles. The fourth-order valence-electron chi connectivity index (χ4n) is 2.02. The van der Waals surface area contributed by atoms with Crippen molar-refractivity contribution in [3.05, 3.63) is 0 Å². The highest BCUT2D eigenvalue weighted by atomic mass is 16.4. The minimum absolute atomic E-state index is 0.0506. The standard InChI is InChI=1S/C11H20N2O4/c1-3-7(4-2)12-11(17)13-6-8(14)5-9(13)10(15)16/h7-9,14H,3-6H2,1-2H3,(H,12,17)(H,15,16)/t8-,9-/m1/s1. The van der Waals surface area contributed by atoms with Crippen molar-refractivity contribution in [1.29, 1.82) is 0 Å². The number of nitrogens with one attached hydrogen (secondary N) is 1. The van der Waals surface area contributed by atoms with Crippen molar-refractivity contribution >= 4 is 12.0 Å². The van der Waals surface area contributed by atoms with E-state index in [1.165, 1.54) is 4.90 Å². The number of carboxylic acid groups (broad SMARTS) is 1. The third-order valence-electron chi connectivity index (χ3n) is 3.14. The molecular weight excluding hydrogens is 224 g/mol. The highest BCUT2D eigenvalue weighted by Crippen LogP contribution is 2.18. The average molecular weight is 244 g/mol. The van der Waals surface area contributed by atoms with Crippen LogP contribution in [0.2, 0.25) is 0 Å². The number of hydrogen-bond donors (Lipinski definition) is 3. The third-order valence-corrected chi connectivity index (χ3v) is 3.14. The van der Waals surface area contributed by atoms with E-state index in [0.717, 1.165) is 12.8 Å². The molecule has 0 aromatic rings. The van der Waals surface area contributed by atoms with Gasteiger partial charge < -0.3 is 20.4 Å². The first-order valence-electron chi connectivity index (χ1n) is 5.97. The number of amides is 2. The van der Waals surface area contributed by atoms with Crippen molar-refractivity contribution in [2.24, 2.45) is 0 Å². The number of aliphatic carboxylic acids is 1. The summed E-state index contributed by atoms with van der Waals surface area (Å²) in [6.45, 7) is 4.01. The Labute approximate surface area is 101 Å². The van der Waals surface area contributed by atoms with Crippen LogP contribution in [0.3, 0.4) is 0 Å². The molecule has 0 bridgehead atoms. The molecule has 3 N–H and O–H groups in total. The molecular formula is C11H20N2O4.